The topological polar surface area (TPSA) is 29.9 Å². The normalized spacial score (nSPS) is 16.0. The van der Waals surface area contributed by atoms with Gasteiger partial charge in [-0.1, -0.05) is 42.0 Å². The summed E-state index contributed by atoms with van der Waals surface area (Å²) in [6.07, 6.45) is 2.36. The third-order valence-electron chi connectivity index (χ3n) is 4.85. The minimum Gasteiger partial charge on any atom is -0.323 e. The minimum absolute atomic E-state index is 0.564. The Bertz CT molecular complexity index is 795. The summed E-state index contributed by atoms with van der Waals surface area (Å²) >= 11 is 0. The second kappa shape index (κ2) is 6.17. The summed E-state index contributed by atoms with van der Waals surface area (Å²) in [6, 6.07) is 17.4. The maximum absolute atomic E-state index is 4.99. The molecule has 0 atom stereocenters. The van der Waals surface area contributed by atoms with Crippen LogP contribution in [0.2, 0.25) is 0 Å². The van der Waals surface area contributed by atoms with Gasteiger partial charge in [-0.25, -0.2) is 4.98 Å². The molecule has 0 spiro atoms. The van der Waals surface area contributed by atoms with Gasteiger partial charge in [0.2, 0.25) is 0 Å². The number of aryl methyl sites for hydroxylation is 1. The first-order chi connectivity index (χ1) is 11.3. The number of hydrogen-bond acceptors (Lipinski definition) is 2. The van der Waals surface area contributed by atoms with Crippen molar-refractivity contribution in [1.82, 2.24) is 14.9 Å². The first-order valence-electron chi connectivity index (χ1n) is 8.53. The van der Waals surface area contributed by atoms with E-state index < -0.39 is 0 Å². The van der Waals surface area contributed by atoms with E-state index in [0.29, 0.717) is 5.92 Å². The molecule has 3 aromatic rings. The van der Waals surface area contributed by atoms with Crippen molar-refractivity contribution in [3.63, 3.8) is 0 Å². The molecule has 1 saturated heterocycles. The Kier molecular flexibility index (Phi) is 3.88. The Morgan fingerprint density at radius 2 is 1.78 bits per heavy atom. The predicted molar refractivity (Wildman–Crippen MR) is 94.9 cm³/mol. The van der Waals surface area contributed by atoms with Crippen LogP contribution < -0.4 is 5.32 Å². The van der Waals surface area contributed by atoms with Gasteiger partial charge in [-0.2, -0.15) is 0 Å². The average Bonchev–Trinajstić information content (AvgIpc) is 2.96. The number of rotatable bonds is 3. The number of hydrogen-bond donors (Lipinski definition) is 1. The van der Waals surface area contributed by atoms with E-state index in [0.717, 1.165) is 25.2 Å². The fourth-order valence-corrected chi connectivity index (χ4v) is 3.53. The van der Waals surface area contributed by atoms with Gasteiger partial charge in [0.05, 0.1) is 11.0 Å². The number of benzene rings is 2. The van der Waals surface area contributed by atoms with Crippen molar-refractivity contribution in [1.29, 1.82) is 0 Å². The molecule has 1 fully saturated rings. The smallest absolute Gasteiger partial charge is 0.113 e. The zero-order valence-electron chi connectivity index (χ0n) is 13.6. The molecule has 0 amide bonds. The van der Waals surface area contributed by atoms with Crippen molar-refractivity contribution in [2.75, 3.05) is 13.1 Å². The number of nitrogens with zero attached hydrogens (tertiary/aromatic N) is 2. The largest absolute Gasteiger partial charge is 0.323 e. The van der Waals surface area contributed by atoms with E-state index in [1.807, 2.05) is 0 Å². The molecule has 1 aliphatic heterocycles. The maximum Gasteiger partial charge on any atom is 0.113 e. The summed E-state index contributed by atoms with van der Waals surface area (Å²) in [6.45, 7) is 5.23. The van der Waals surface area contributed by atoms with Crippen LogP contribution >= 0.6 is 0 Å². The molecule has 0 bridgehead atoms. The first-order valence-corrected chi connectivity index (χ1v) is 8.53. The van der Waals surface area contributed by atoms with Crippen LogP contribution in [0.15, 0.2) is 48.5 Å². The number of imidazole rings is 1. The second-order valence-corrected chi connectivity index (χ2v) is 6.55. The van der Waals surface area contributed by atoms with E-state index in [9.17, 15) is 0 Å². The molecule has 0 unspecified atom stereocenters. The number of piperidine rings is 1. The fraction of sp³-hybridized carbons (Fsp3) is 0.350. The zero-order valence-corrected chi connectivity index (χ0v) is 13.6. The molecule has 1 aliphatic rings. The Hall–Kier alpha value is -2.13. The van der Waals surface area contributed by atoms with Gasteiger partial charge in [-0.05, 0) is 50.6 Å². The highest BCUT2D eigenvalue weighted by molar-refractivity contribution is 5.76. The molecule has 1 N–H and O–H groups in total. The molecule has 23 heavy (non-hydrogen) atoms. The van der Waals surface area contributed by atoms with Crippen molar-refractivity contribution < 1.29 is 0 Å². The molecular weight excluding hydrogens is 282 g/mol. The molecule has 4 rings (SSSR count). The number of fused-ring (bicyclic) bond motifs is 1. The van der Waals surface area contributed by atoms with Crippen molar-refractivity contribution >= 4 is 11.0 Å². The summed E-state index contributed by atoms with van der Waals surface area (Å²) in [5.74, 6) is 1.82. The zero-order chi connectivity index (χ0) is 15.6. The van der Waals surface area contributed by atoms with E-state index in [1.54, 1.807) is 0 Å². The Morgan fingerprint density at radius 1 is 1.04 bits per heavy atom. The molecule has 0 radical (unpaired) electrons. The fourth-order valence-electron chi connectivity index (χ4n) is 3.53. The quantitative estimate of drug-likeness (QED) is 0.796. The lowest BCUT2D eigenvalue weighted by Gasteiger charge is -2.23. The first kappa shape index (κ1) is 14.5. The van der Waals surface area contributed by atoms with E-state index in [2.05, 4.69) is 65.3 Å². The molecule has 2 aromatic carbocycles. The summed E-state index contributed by atoms with van der Waals surface area (Å²) in [5, 5.41) is 3.46. The lowest BCUT2D eigenvalue weighted by Crippen LogP contribution is -2.28. The Morgan fingerprint density at radius 3 is 2.57 bits per heavy atom. The molecule has 3 nitrogen and oxygen atoms in total. The van der Waals surface area contributed by atoms with Gasteiger partial charge in [0, 0.05) is 12.5 Å². The van der Waals surface area contributed by atoms with Crippen LogP contribution in [0.3, 0.4) is 0 Å². The number of aromatic nitrogens is 2. The van der Waals surface area contributed by atoms with Crippen molar-refractivity contribution in [3.05, 3.63) is 65.5 Å². The van der Waals surface area contributed by atoms with Gasteiger partial charge in [0.1, 0.15) is 5.82 Å². The average molecular weight is 305 g/mol. The van der Waals surface area contributed by atoms with Crippen LogP contribution in [0.1, 0.15) is 35.7 Å². The van der Waals surface area contributed by atoms with E-state index >= 15 is 0 Å². The van der Waals surface area contributed by atoms with Gasteiger partial charge < -0.3 is 9.88 Å². The Balaban J connectivity index is 1.77. The van der Waals surface area contributed by atoms with E-state index in [4.69, 9.17) is 4.98 Å². The molecule has 0 saturated carbocycles. The van der Waals surface area contributed by atoms with Gasteiger partial charge in [0.25, 0.3) is 0 Å². The standard InChI is InChI=1S/C20H23N3/c1-15-6-8-16(9-7-15)14-23-19-5-3-2-4-18(19)22-20(23)17-10-12-21-13-11-17/h2-9,17,21H,10-14H2,1H3. The highest BCUT2D eigenvalue weighted by Gasteiger charge is 2.22. The summed E-state index contributed by atoms with van der Waals surface area (Å²) in [5.41, 5.74) is 5.02. The van der Waals surface area contributed by atoms with Crippen LogP contribution in [-0.2, 0) is 6.54 Å². The summed E-state index contributed by atoms with van der Waals surface area (Å²) in [7, 11) is 0. The van der Waals surface area contributed by atoms with Gasteiger partial charge in [-0.15, -0.1) is 0 Å². The van der Waals surface area contributed by atoms with Crippen LogP contribution in [0.25, 0.3) is 11.0 Å². The molecule has 1 aromatic heterocycles. The monoisotopic (exact) mass is 305 g/mol. The van der Waals surface area contributed by atoms with Gasteiger partial charge >= 0.3 is 0 Å². The second-order valence-electron chi connectivity index (χ2n) is 6.55. The van der Waals surface area contributed by atoms with Crippen LogP contribution in [0, 0.1) is 6.92 Å². The Labute approximate surface area is 137 Å². The predicted octanol–water partition coefficient (Wildman–Crippen LogP) is 3.86. The molecule has 3 heteroatoms. The summed E-state index contributed by atoms with van der Waals surface area (Å²) < 4.78 is 2.43. The van der Waals surface area contributed by atoms with Crippen molar-refractivity contribution in [2.24, 2.45) is 0 Å². The van der Waals surface area contributed by atoms with Crippen LogP contribution in [-0.4, -0.2) is 22.6 Å². The third-order valence-corrected chi connectivity index (χ3v) is 4.85. The number of para-hydroxylation sites is 2. The van der Waals surface area contributed by atoms with Gasteiger partial charge in [0.15, 0.2) is 0 Å². The summed E-state index contributed by atoms with van der Waals surface area (Å²) in [4.78, 5) is 4.99. The highest BCUT2D eigenvalue weighted by Crippen LogP contribution is 2.29. The van der Waals surface area contributed by atoms with Crippen molar-refractivity contribution in [3.8, 4) is 0 Å². The molecule has 0 aliphatic carbocycles. The SMILES string of the molecule is Cc1ccc(Cn2c(C3CCNCC3)nc3ccccc32)cc1. The highest BCUT2D eigenvalue weighted by atomic mass is 15.1. The van der Waals surface area contributed by atoms with E-state index in [-0.39, 0.29) is 0 Å². The minimum atomic E-state index is 0.564. The lowest BCUT2D eigenvalue weighted by atomic mass is 9.97. The van der Waals surface area contributed by atoms with E-state index in [1.165, 1.54) is 35.3 Å². The molecule has 2 heterocycles. The van der Waals surface area contributed by atoms with Crippen LogP contribution in [0.4, 0.5) is 0 Å². The number of nitrogens with one attached hydrogen (secondary N) is 1. The maximum atomic E-state index is 4.99. The van der Waals surface area contributed by atoms with Crippen LogP contribution in [0.5, 0.6) is 0 Å². The molecular formula is C20H23N3. The lowest BCUT2D eigenvalue weighted by molar-refractivity contribution is 0.435. The molecule has 118 valence electrons. The van der Waals surface area contributed by atoms with Crippen molar-refractivity contribution in [2.45, 2.75) is 32.2 Å². The van der Waals surface area contributed by atoms with Gasteiger partial charge in [-0.3, -0.25) is 0 Å². The third kappa shape index (κ3) is 2.89.